The van der Waals surface area contributed by atoms with Crippen LogP contribution in [0.25, 0.3) is 0 Å². The van der Waals surface area contributed by atoms with Crippen LogP contribution < -0.4 is 5.11 Å². The van der Waals surface area contributed by atoms with Crippen LogP contribution in [0.3, 0.4) is 0 Å². The van der Waals surface area contributed by atoms with Crippen molar-refractivity contribution in [3.05, 3.63) is 0 Å². The normalized spacial score (nSPS) is 13.1. The summed E-state index contributed by atoms with van der Waals surface area (Å²) >= 11 is 0. The van der Waals surface area contributed by atoms with Gasteiger partial charge in [-0.3, -0.25) is 0 Å². The summed E-state index contributed by atoms with van der Waals surface area (Å²) in [5, 5.41) is 12.0. The summed E-state index contributed by atoms with van der Waals surface area (Å²) in [5.41, 5.74) is 0. The number of carboxylic acids is 1. The number of unbranched alkanes of at least 4 members (excludes halogenated alkanes) is 23. The fourth-order valence-corrected chi connectivity index (χ4v) is 6.13. The Morgan fingerprint density at radius 2 is 0.684 bits per heavy atom. The first-order valence-corrected chi connectivity index (χ1v) is 17.9. The van der Waals surface area contributed by atoms with E-state index in [0.717, 1.165) is 19.3 Å². The lowest BCUT2D eigenvalue weighted by atomic mass is 9.84. The van der Waals surface area contributed by atoms with Crippen molar-refractivity contribution in [1.82, 2.24) is 0 Å². The molecule has 0 saturated heterocycles. The molecular weight excluding hydrogens is 464 g/mol. The Hall–Kier alpha value is -0.530. The van der Waals surface area contributed by atoms with E-state index in [9.17, 15) is 9.90 Å². The third-order valence-corrected chi connectivity index (χ3v) is 8.79. The molecule has 2 atom stereocenters. The summed E-state index contributed by atoms with van der Waals surface area (Å²) < 4.78 is 0. The summed E-state index contributed by atoms with van der Waals surface area (Å²) in [6.45, 7) is 6.83. The molecule has 0 fully saturated rings. The third-order valence-electron chi connectivity index (χ3n) is 8.79. The molecule has 2 unspecified atom stereocenters. The lowest BCUT2D eigenvalue weighted by Gasteiger charge is -2.25. The molecule has 0 amide bonds. The average molecular weight is 536 g/mol. The monoisotopic (exact) mass is 536 g/mol. The quantitative estimate of drug-likeness (QED) is 0.0803. The zero-order chi connectivity index (χ0) is 27.9. The molecule has 228 valence electrons. The van der Waals surface area contributed by atoms with Crippen LogP contribution in [0.5, 0.6) is 0 Å². The van der Waals surface area contributed by atoms with Crippen molar-refractivity contribution in [3.8, 4) is 0 Å². The molecule has 38 heavy (non-hydrogen) atoms. The lowest BCUT2D eigenvalue weighted by molar-refractivity contribution is -0.312. The van der Waals surface area contributed by atoms with Gasteiger partial charge in [0.05, 0.1) is 0 Å². The lowest BCUT2D eigenvalue weighted by Crippen LogP contribution is -2.32. The first-order valence-electron chi connectivity index (χ1n) is 17.9. The number of carbonyl (C=O) groups is 1. The maximum absolute atomic E-state index is 12.0. The van der Waals surface area contributed by atoms with Gasteiger partial charge in [0.2, 0.25) is 0 Å². The smallest absolute Gasteiger partial charge is 0.0445 e. The second-order valence-electron chi connectivity index (χ2n) is 12.6. The fraction of sp³-hybridized carbons (Fsp3) is 0.972. The van der Waals surface area contributed by atoms with Gasteiger partial charge >= 0.3 is 0 Å². The van der Waals surface area contributed by atoms with Crippen LogP contribution in [0.2, 0.25) is 0 Å². The Morgan fingerprint density at radius 3 is 0.974 bits per heavy atom. The van der Waals surface area contributed by atoms with Gasteiger partial charge in [0.1, 0.15) is 0 Å². The van der Waals surface area contributed by atoms with Crippen molar-refractivity contribution in [3.63, 3.8) is 0 Å². The van der Waals surface area contributed by atoms with E-state index in [1.54, 1.807) is 0 Å². The van der Waals surface area contributed by atoms with E-state index in [4.69, 9.17) is 0 Å². The van der Waals surface area contributed by atoms with Crippen LogP contribution in [0, 0.1) is 11.8 Å². The Bertz CT molecular complexity index is 460. The number of rotatable bonds is 32. The molecule has 0 rings (SSSR count). The van der Waals surface area contributed by atoms with Gasteiger partial charge in [0.25, 0.3) is 0 Å². The third kappa shape index (κ3) is 27.1. The zero-order valence-electron chi connectivity index (χ0n) is 26.7. The van der Waals surface area contributed by atoms with E-state index in [1.807, 2.05) is 0 Å². The topological polar surface area (TPSA) is 40.1 Å². The molecule has 2 nitrogen and oxygen atoms in total. The van der Waals surface area contributed by atoms with Crippen LogP contribution in [-0.4, -0.2) is 5.97 Å². The molecule has 0 radical (unpaired) electrons. The van der Waals surface area contributed by atoms with Crippen molar-refractivity contribution in [2.24, 2.45) is 11.8 Å². The highest BCUT2D eigenvalue weighted by Gasteiger charge is 2.17. The molecule has 0 aromatic heterocycles. The van der Waals surface area contributed by atoms with Gasteiger partial charge in [-0.2, -0.15) is 0 Å². The van der Waals surface area contributed by atoms with Crippen LogP contribution in [-0.2, 0) is 4.79 Å². The number of carbonyl (C=O) groups excluding carboxylic acids is 1. The van der Waals surface area contributed by atoms with Crippen molar-refractivity contribution in [2.45, 2.75) is 213 Å². The SMILES string of the molecule is CCCCCCCCCCCCCCC(CC(CCCCCCCC)CCCCCCCCCC)C(=O)[O-]. The second-order valence-corrected chi connectivity index (χ2v) is 12.6. The van der Waals surface area contributed by atoms with E-state index in [2.05, 4.69) is 20.8 Å². The van der Waals surface area contributed by atoms with Gasteiger partial charge < -0.3 is 9.90 Å². The van der Waals surface area contributed by atoms with E-state index in [0.29, 0.717) is 5.92 Å². The van der Waals surface area contributed by atoms with Gasteiger partial charge in [0.15, 0.2) is 0 Å². The van der Waals surface area contributed by atoms with Crippen molar-refractivity contribution < 1.29 is 9.90 Å². The van der Waals surface area contributed by atoms with E-state index < -0.39 is 5.97 Å². The molecule has 0 saturated carbocycles. The minimum atomic E-state index is -0.781. The molecule has 0 bridgehead atoms. The fourth-order valence-electron chi connectivity index (χ4n) is 6.13. The van der Waals surface area contributed by atoms with Crippen LogP contribution in [0.15, 0.2) is 0 Å². The highest BCUT2D eigenvalue weighted by Crippen LogP contribution is 2.28. The molecule has 0 aromatic rings. The molecule has 0 aliphatic heterocycles. The summed E-state index contributed by atoms with van der Waals surface area (Å²) in [6, 6.07) is 0. The molecule has 0 aliphatic rings. The highest BCUT2D eigenvalue weighted by molar-refractivity contribution is 5.67. The highest BCUT2D eigenvalue weighted by atomic mass is 16.4. The van der Waals surface area contributed by atoms with E-state index >= 15 is 0 Å². The Kier molecular flexibility index (Phi) is 30.6. The molecular formula is C36H71O2-. The minimum Gasteiger partial charge on any atom is -0.550 e. The van der Waals surface area contributed by atoms with Gasteiger partial charge in [-0.15, -0.1) is 0 Å². The maximum atomic E-state index is 12.0. The number of aliphatic carboxylic acids is 1. The van der Waals surface area contributed by atoms with Gasteiger partial charge in [-0.25, -0.2) is 0 Å². The van der Waals surface area contributed by atoms with Crippen molar-refractivity contribution in [1.29, 1.82) is 0 Å². The summed E-state index contributed by atoms with van der Waals surface area (Å²) in [4.78, 5) is 12.0. The van der Waals surface area contributed by atoms with E-state index in [1.165, 1.54) is 173 Å². The molecule has 0 spiro atoms. The van der Waals surface area contributed by atoms with E-state index in [-0.39, 0.29) is 5.92 Å². The first kappa shape index (κ1) is 37.5. The predicted octanol–water partition coefficient (Wildman–Crippen LogP) is 11.7. The van der Waals surface area contributed by atoms with Crippen molar-refractivity contribution >= 4 is 5.97 Å². The first-order chi connectivity index (χ1) is 18.7. The standard InChI is InChI=1S/C36H72O2/c1-4-7-10-13-16-18-19-20-21-23-26-29-32-35(36(37)38)33-34(30-27-24-15-12-9-6-3)31-28-25-22-17-14-11-8-5-2/h34-35H,4-33H2,1-3H3,(H,37,38)/p-1. The van der Waals surface area contributed by atoms with Crippen LogP contribution in [0.1, 0.15) is 213 Å². The Morgan fingerprint density at radius 1 is 0.421 bits per heavy atom. The van der Waals surface area contributed by atoms with Gasteiger partial charge in [-0.1, -0.05) is 201 Å². The van der Waals surface area contributed by atoms with Crippen LogP contribution in [0.4, 0.5) is 0 Å². The Balaban J connectivity index is 4.21. The summed E-state index contributed by atoms with van der Waals surface area (Å²) in [6.07, 6.45) is 38.9. The summed E-state index contributed by atoms with van der Waals surface area (Å²) in [7, 11) is 0. The number of hydrogen-bond acceptors (Lipinski definition) is 2. The number of hydrogen-bond donors (Lipinski definition) is 0. The minimum absolute atomic E-state index is 0.225. The number of carboxylic acid groups (broad SMARTS) is 1. The Labute approximate surface area is 240 Å². The molecule has 0 heterocycles. The largest absolute Gasteiger partial charge is 0.550 e. The van der Waals surface area contributed by atoms with Gasteiger partial charge in [-0.05, 0) is 24.7 Å². The average Bonchev–Trinajstić information content (AvgIpc) is 2.91. The summed E-state index contributed by atoms with van der Waals surface area (Å²) in [5.74, 6) is -0.421. The molecule has 0 N–H and O–H groups in total. The predicted molar refractivity (Wildman–Crippen MR) is 168 cm³/mol. The maximum Gasteiger partial charge on any atom is 0.0445 e. The van der Waals surface area contributed by atoms with Crippen molar-refractivity contribution in [2.75, 3.05) is 0 Å². The molecule has 0 aromatic carbocycles. The van der Waals surface area contributed by atoms with Gasteiger partial charge in [0, 0.05) is 5.97 Å². The molecule has 2 heteroatoms. The molecule has 0 aliphatic carbocycles. The zero-order valence-corrected chi connectivity index (χ0v) is 26.7. The van der Waals surface area contributed by atoms with Crippen LogP contribution >= 0.6 is 0 Å². The second kappa shape index (κ2) is 31.0.